The van der Waals surface area contributed by atoms with Crippen molar-refractivity contribution in [2.24, 2.45) is 11.3 Å². The minimum Gasteiger partial charge on any atom is -0.317 e. The van der Waals surface area contributed by atoms with Crippen molar-refractivity contribution in [3.63, 3.8) is 0 Å². The van der Waals surface area contributed by atoms with Gasteiger partial charge in [0.05, 0.1) is 0 Å². The van der Waals surface area contributed by atoms with E-state index in [-0.39, 0.29) is 0 Å². The average molecular weight is 237 g/mol. The molecule has 2 atom stereocenters. The van der Waals surface area contributed by atoms with Crippen molar-refractivity contribution in [3.05, 3.63) is 0 Å². The van der Waals surface area contributed by atoms with Crippen LogP contribution in [-0.2, 0) is 0 Å². The van der Waals surface area contributed by atoms with Crippen LogP contribution in [-0.4, -0.2) is 62.7 Å². The zero-order valence-electron chi connectivity index (χ0n) is 11.4. The Morgan fingerprint density at radius 2 is 2.06 bits per heavy atom. The van der Waals surface area contributed by atoms with Gasteiger partial charge in [-0.2, -0.15) is 0 Å². The summed E-state index contributed by atoms with van der Waals surface area (Å²) in [5, 5.41) is 3.50. The third-order valence-corrected chi connectivity index (χ3v) is 5.41. The van der Waals surface area contributed by atoms with Crippen molar-refractivity contribution in [3.8, 4) is 0 Å². The van der Waals surface area contributed by atoms with Crippen LogP contribution in [0.25, 0.3) is 0 Å². The zero-order chi connectivity index (χ0) is 11.9. The number of nitrogens with one attached hydrogen (secondary N) is 1. The molecule has 3 nitrogen and oxygen atoms in total. The molecule has 3 heteroatoms. The number of nitrogens with zero attached hydrogens (tertiary/aromatic N) is 2. The molecule has 0 radical (unpaired) electrons. The van der Waals surface area contributed by atoms with Gasteiger partial charge in [0.15, 0.2) is 0 Å². The van der Waals surface area contributed by atoms with E-state index < -0.39 is 0 Å². The van der Waals surface area contributed by atoms with E-state index in [0.29, 0.717) is 0 Å². The summed E-state index contributed by atoms with van der Waals surface area (Å²) in [7, 11) is 4.44. The highest BCUT2D eigenvalue weighted by atomic mass is 15.2. The van der Waals surface area contributed by atoms with E-state index in [1.807, 2.05) is 0 Å². The van der Waals surface area contributed by atoms with Gasteiger partial charge in [-0.1, -0.05) is 0 Å². The van der Waals surface area contributed by atoms with E-state index in [2.05, 4.69) is 29.2 Å². The summed E-state index contributed by atoms with van der Waals surface area (Å²) >= 11 is 0. The van der Waals surface area contributed by atoms with Crippen molar-refractivity contribution in [1.29, 1.82) is 0 Å². The molecule has 17 heavy (non-hydrogen) atoms. The van der Waals surface area contributed by atoms with E-state index in [4.69, 9.17) is 0 Å². The minimum atomic E-state index is 0.765. The lowest BCUT2D eigenvalue weighted by Crippen LogP contribution is -2.34. The maximum atomic E-state index is 3.50. The van der Waals surface area contributed by atoms with Gasteiger partial charge < -0.3 is 15.1 Å². The van der Waals surface area contributed by atoms with Crippen LogP contribution in [0.15, 0.2) is 0 Å². The lowest BCUT2D eigenvalue weighted by atomic mass is 9.92. The van der Waals surface area contributed by atoms with E-state index in [1.165, 1.54) is 58.4 Å². The molecule has 1 aliphatic carbocycles. The van der Waals surface area contributed by atoms with Gasteiger partial charge in [0.25, 0.3) is 0 Å². The maximum absolute atomic E-state index is 3.50. The predicted octanol–water partition coefficient (Wildman–Crippen LogP) is 1.01. The second-order valence-electron chi connectivity index (χ2n) is 6.68. The third-order valence-electron chi connectivity index (χ3n) is 5.41. The van der Waals surface area contributed by atoms with E-state index in [9.17, 15) is 0 Å². The predicted molar refractivity (Wildman–Crippen MR) is 71.2 cm³/mol. The van der Waals surface area contributed by atoms with E-state index in [1.54, 1.807) is 0 Å². The van der Waals surface area contributed by atoms with Gasteiger partial charge in [0.1, 0.15) is 0 Å². The lowest BCUT2D eigenvalue weighted by Gasteiger charge is -2.25. The third kappa shape index (κ3) is 2.38. The lowest BCUT2D eigenvalue weighted by molar-refractivity contribution is 0.239. The SMILES string of the molecule is CN(C)C1CCN(CC2CC23CCNCC3)C1. The number of likely N-dealkylation sites (tertiary alicyclic amines) is 1. The molecule has 0 aromatic carbocycles. The number of rotatable bonds is 3. The van der Waals surface area contributed by atoms with Crippen molar-refractivity contribution < 1.29 is 0 Å². The zero-order valence-corrected chi connectivity index (χ0v) is 11.4. The Hall–Kier alpha value is -0.120. The molecule has 0 aromatic heterocycles. The van der Waals surface area contributed by atoms with Gasteiger partial charge in [-0.15, -0.1) is 0 Å². The van der Waals surface area contributed by atoms with E-state index >= 15 is 0 Å². The van der Waals surface area contributed by atoms with Crippen LogP contribution in [0.5, 0.6) is 0 Å². The van der Waals surface area contributed by atoms with E-state index in [0.717, 1.165) is 17.4 Å². The summed E-state index contributed by atoms with van der Waals surface area (Å²) < 4.78 is 0. The topological polar surface area (TPSA) is 18.5 Å². The Morgan fingerprint density at radius 1 is 1.29 bits per heavy atom. The summed E-state index contributed by atoms with van der Waals surface area (Å²) in [6.45, 7) is 6.53. The number of hydrogen-bond donors (Lipinski definition) is 1. The Balaban J connectivity index is 1.47. The molecule has 0 bridgehead atoms. The van der Waals surface area contributed by atoms with Crippen molar-refractivity contribution in [1.82, 2.24) is 15.1 Å². The highest BCUT2D eigenvalue weighted by molar-refractivity contribution is 5.05. The summed E-state index contributed by atoms with van der Waals surface area (Å²) in [6.07, 6.45) is 5.75. The summed E-state index contributed by atoms with van der Waals surface area (Å²) in [5.74, 6) is 1.02. The van der Waals surface area contributed by atoms with Crippen LogP contribution in [0.2, 0.25) is 0 Å². The van der Waals surface area contributed by atoms with Gasteiger partial charge >= 0.3 is 0 Å². The Kier molecular flexibility index (Phi) is 3.18. The second-order valence-corrected chi connectivity index (χ2v) is 6.68. The monoisotopic (exact) mass is 237 g/mol. The van der Waals surface area contributed by atoms with Crippen LogP contribution < -0.4 is 5.32 Å². The Bertz CT molecular complexity index is 271. The van der Waals surface area contributed by atoms with Gasteiger partial charge in [-0.3, -0.25) is 0 Å². The first-order valence-electron chi connectivity index (χ1n) is 7.29. The first-order valence-corrected chi connectivity index (χ1v) is 7.29. The molecule has 2 aliphatic heterocycles. The first kappa shape index (κ1) is 11.9. The largest absolute Gasteiger partial charge is 0.317 e. The Labute approximate surface area is 106 Å². The molecule has 0 aromatic rings. The van der Waals surface area contributed by atoms with Gasteiger partial charge in [0.2, 0.25) is 0 Å². The summed E-state index contributed by atoms with van der Waals surface area (Å²) in [5.41, 5.74) is 0.765. The molecule has 98 valence electrons. The fraction of sp³-hybridized carbons (Fsp3) is 1.00. The molecule has 2 saturated heterocycles. The van der Waals surface area contributed by atoms with Gasteiger partial charge in [0, 0.05) is 19.1 Å². The quantitative estimate of drug-likeness (QED) is 0.790. The molecule has 1 N–H and O–H groups in total. The number of hydrogen-bond acceptors (Lipinski definition) is 3. The molecular formula is C14H27N3. The summed E-state index contributed by atoms with van der Waals surface area (Å²) in [6, 6.07) is 0.803. The number of likely N-dealkylation sites (N-methyl/N-ethyl adjacent to an activating group) is 1. The minimum absolute atomic E-state index is 0.765. The fourth-order valence-corrected chi connectivity index (χ4v) is 3.94. The maximum Gasteiger partial charge on any atom is 0.0229 e. The average Bonchev–Trinajstić information content (AvgIpc) is 2.78. The molecule has 0 amide bonds. The smallest absolute Gasteiger partial charge is 0.0229 e. The second kappa shape index (κ2) is 4.52. The molecule has 3 fully saturated rings. The molecule has 1 saturated carbocycles. The highest BCUT2D eigenvalue weighted by Gasteiger charge is 2.54. The van der Waals surface area contributed by atoms with Gasteiger partial charge in [-0.05, 0) is 70.7 Å². The van der Waals surface area contributed by atoms with Crippen molar-refractivity contribution in [2.75, 3.05) is 46.8 Å². The van der Waals surface area contributed by atoms with Crippen molar-refractivity contribution in [2.45, 2.75) is 31.7 Å². The molecule has 2 unspecified atom stereocenters. The van der Waals surface area contributed by atoms with Crippen LogP contribution in [0, 0.1) is 11.3 Å². The normalized spacial score (nSPS) is 36.9. The summed E-state index contributed by atoms with van der Waals surface area (Å²) in [4.78, 5) is 5.11. The standard InChI is InChI=1S/C14H27N3/c1-16(2)13-3-8-17(11-13)10-12-9-14(12)4-6-15-7-5-14/h12-13,15H,3-11H2,1-2H3. The van der Waals surface area contributed by atoms with Crippen LogP contribution in [0.3, 0.4) is 0 Å². The molecule has 2 heterocycles. The Morgan fingerprint density at radius 3 is 2.71 bits per heavy atom. The fourth-order valence-electron chi connectivity index (χ4n) is 3.94. The molecule has 3 aliphatic rings. The highest BCUT2D eigenvalue weighted by Crippen LogP contribution is 2.58. The van der Waals surface area contributed by atoms with Crippen LogP contribution >= 0.6 is 0 Å². The van der Waals surface area contributed by atoms with Crippen LogP contribution in [0.1, 0.15) is 25.7 Å². The van der Waals surface area contributed by atoms with Gasteiger partial charge in [-0.25, -0.2) is 0 Å². The molecular weight excluding hydrogens is 210 g/mol. The molecule has 1 spiro atoms. The molecule has 3 rings (SSSR count). The first-order chi connectivity index (χ1) is 8.20. The van der Waals surface area contributed by atoms with Crippen molar-refractivity contribution >= 4 is 0 Å². The van der Waals surface area contributed by atoms with Crippen LogP contribution in [0.4, 0.5) is 0 Å². The number of piperidine rings is 1.